The van der Waals surface area contributed by atoms with Gasteiger partial charge in [-0.25, -0.2) is 4.68 Å². The molecule has 1 aliphatic rings. The maximum atomic E-state index is 13.8. The molecular weight excluding hydrogens is 520 g/mol. The summed E-state index contributed by atoms with van der Waals surface area (Å²) in [6.07, 6.45) is 1.57. The van der Waals surface area contributed by atoms with Gasteiger partial charge in [-0.15, -0.1) is 11.8 Å². The number of aryl methyl sites for hydroxylation is 2. The zero-order valence-electron chi connectivity index (χ0n) is 23.9. The first kappa shape index (κ1) is 27.8. The Morgan fingerprint density at radius 1 is 1.10 bits per heavy atom. The number of carbonyl (C=O) groups excluding carboxylic acids is 2. The molecule has 2 aromatic carbocycles. The van der Waals surface area contributed by atoms with Crippen molar-refractivity contribution >= 4 is 29.4 Å². The molecule has 0 spiro atoms. The highest BCUT2D eigenvalue weighted by Crippen LogP contribution is 2.48. The second kappa shape index (κ2) is 11.0. The van der Waals surface area contributed by atoms with Crippen molar-refractivity contribution in [1.29, 1.82) is 0 Å². The van der Waals surface area contributed by atoms with Gasteiger partial charge in [-0.2, -0.15) is 5.10 Å². The topological polar surface area (TPSA) is 80.4 Å². The number of hydrogen-bond donors (Lipinski definition) is 1. The number of anilines is 1. The maximum Gasteiger partial charge on any atom is 0.240 e. The number of carbonyl (C=O) groups is 2. The molecule has 40 heavy (non-hydrogen) atoms. The fourth-order valence-corrected chi connectivity index (χ4v) is 6.29. The van der Waals surface area contributed by atoms with Gasteiger partial charge in [0.2, 0.25) is 11.8 Å². The third-order valence-corrected chi connectivity index (χ3v) is 8.54. The van der Waals surface area contributed by atoms with Crippen LogP contribution in [-0.4, -0.2) is 33.9 Å². The fraction of sp³-hybridized carbons (Fsp3) is 0.344. The fourth-order valence-electron chi connectivity index (χ4n) is 5.10. The van der Waals surface area contributed by atoms with Gasteiger partial charge in [-0.1, -0.05) is 62.7 Å². The van der Waals surface area contributed by atoms with E-state index in [1.165, 1.54) is 0 Å². The number of fused-ring (bicyclic) bond motifs is 1. The van der Waals surface area contributed by atoms with Crippen molar-refractivity contribution in [3.8, 4) is 5.69 Å². The minimum absolute atomic E-state index is 0.117. The van der Waals surface area contributed by atoms with E-state index in [1.807, 2.05) is 22.9 Å². The average molecular weight is 557 g/mol. The first-order valence-electron chi connectivity index (χ1n) is 13.5. The summed E-state index contributed by atoms with van der Waals surface area (Å²) in [5.74, 6) is 1.17. The number of thioether (sulfide) groups is 1. The molecule has 8 heteroatoms. The van der Waals surface area contributed by atoms with Crippen LogP contribution < -0.4 is 10.2 Å². The predicted molar refractivity (Wildman–Crippen MR) is 160 cm³/mol. The van der Waals surface area contributed by atoms with Crippen molar-refractivity contribution in [2.24, 2.45) is 0 Å². The van der Waals surface area contributed by atoms with Gasteiger partial charge in [0.1, 0.15) is 18.1 Å². The van der Waals surface area contributed by atoms with E-state index in [1.54, 1.807) is 29.0 Å². The van der Waals surface area contributed by atoms with Crippen LogP contribution in [0.2, 0.25) is 0 Å². The summed E-state index contributed by atoms with van der Waals surface area (Å²) in [4.78, 5) is 28.7. The van der Waals surface area contributed by atoms with E-state index in [-0.39, 0.29) is 41.3 Å². The van der Waals surface area contributed by atoms with E-state index in [9.17, 15) is 9.59 Å². The minimum Gasteiger partial charge on any atom is -0.467 e. The van der Waals surface area contributed by atoms with E-state index < -0.39 is 0 Å². The molecule has 4 aromatic rings. The zero-order chi connectivity index (χ0) is 28.6. The van der Waals surface area contributed by atoms with E-state index in [2.05, 4.69) is 77.2 Å². The first-order valence-corrected chi connectivity index (χ1v) is 14.6. The van der Waals surface area contributed by atoms with E-state index in [0.29, 0.717) is 11.6 Å². The normalized spacial score (nSPS) is 15.6. The summed E-state index contributed by atoms with van der Waals surface area (Å²) in [5, 5.41) is 8.00. The average Bonchev–Trinajstić information content (AvgIpc) is 3.53. The van der Waals surface area contributed by atoms with Crippen LogP contribution in [0.15, 0.2) is 65.3 Å². The molecule has 5 rings (SSSR count). The lowest BCUT2D eigenvalue weighted by molar-refractivity contribution is -0.123. The summed E-state index contributed by atoms with van der Waals surface area (Å²) >= 11 is 1.59. The van der Waals surface area contributed by atoms with Crippen molar-refractivity contribution in [3.63, 3.8) is 0 Å². The molecule has 1 aliphatic heterocycles. The van der Waals surface area contributed by atoms with Gasteiger partial charge in [0.25, 0.3) is 0 Å². The number of benzene rings is 2. The third-order valence-electron chi connectivity index (χ3n) is 7.29. The Kier molecular flexibility index (Phi) is 7.64. The summed E-state index contributed by atoms with van der Waals surface area (Å²) in [6.45, 7) is 12.8. The molecule has 1 atom stereocenters. The summed E-state index contributed by atoms with van der Waals surface area (Å²) in [6, 6.07) is 18.1. The van der Waals surface area contributed by atoms with Crippen LogP contribution in [0.1, 0.15) is 65.3 Å². The Morgan fingerprint density at radius 2 is 1.88 bits per heavy atom. The molecule has 0 saturated carbocycles. The molecule has 0 fully saturated rings. The van der Waals surface area contributed by atoms with Crippen LogP contribution in [0.3, 0.4) is 0 Å². The Balaban J connectivity index is 1.71. The van der Waals surface area contributed by atoms with Gasteiger partial charge in [-0.05, 0) is 55.7 Å². The number of nitrogens with zero attached hydrogens (tertiary/aromatic N) is 3. The monoisotopic (exact) mass is 556 g/mol. The van der Waals surface area contributed by atoms with Crippen molar-refractivity contribution in [2.75, 3.05) is 17.2 Å². The highest BCUT2D eigenvalue weighted by atomic mass is 32.2. The molecule has 0 radical (unpaired) electrons. The second-order valence-corrected chi connectivity index (χ2v) is 12.5. The van der Waals surface area contributed by atoms with Gasteiger partial charge in [0, 0.05) is 11.0 Å². The molecule has 0 aliphatic carbocycles. The highest BCUT2D eigenvalue weighted by Gasteiger charge is 2.40. The van der Waals surface area contributed by atoms with Gasteiger partial charge < -0.3 is 9.73 Å². The number of aromatic nitrogens is 2. The molecule has 0 unspecified atom stereocenters. The van der Waals surface area contributed by atoms with Crippen molar-refractivity contribution in [1.82, 2.24) is 15.1 Å². The number of rotatable bonds is 6. The molecule has 1 N–H and O–H groups in total. The van der Waals surface area contributed by atoms with Crippen LogP contribution in [-0.2, 0) is 21.5 Å². The third kappa shape index (κ3) is 5.45. The lowest BCUT2D eigenvalue weighted by Gasteiger charge is -2.25. The molecule has 2 aromatic heterocycles. The van der Waals surface area contributed by atoms with E-state index in [0.717, 1.165) is 39.2 Å². The zero-order valence-corrected chi connectivity index (χ0v) is 24.8. The summed E-state index contributed by atoms with van der Waals surface area (Å²) < 4.78 is 7.27. The van der Waals surface area contributed by atoms with Crippen LogP contribution >= 0.6 is 11.8 Å². The Labute approximate surface area is 239 Å². The quantitative estimate of drug-likeness (QED) is 0.307. The second-order valence-electron chi connectivity index (χ2n) is 11.4. The van der Waals surface area contributed by atoms with Crippen LogP contribution in [0.25, 0.3) is 5.69 Å². The summed E-state index contributed by atoms with van der Waals surface area (Å²) in [5.41, 5.74) is 6.97. The van der Waals surface area contributed by atoms with E-state index >= 15 is 0 Å². The molecule has 208 valence electrons. The lowest BCUT2D eigenvalue weighted by Crippen LogP contribution is -2.42. The van der Waals surface area contributed by atoms with Gasteiger partial charge in [0.05, 0.1) is 35.2 Å². The van der Waals surface area contributed by atoms with Crippen LogP contribution in [0.4, 0.5) is 5.82 Å². The lowest BCUT2D eigenvalue weighted by atomic mass is 9.87. The van der Waals surface area contributed by atoms with Gasteiger partial charge in [0.15, 0.2) is 0 Å². The van der Waals surface area contributed by atoms with Crippen molar-refractivity contribution in [3.05, 3.63) is 100 Å². The van der Waals surface area contributed by atoms with Crippen molar-refractivity contribution in [2.45, 2.75) is 58.8 Å². The molecule has 3 heterocycles. The standard InChI is InChI=1S/C32H36N4O3S/c1-20-10-7-12-23(16-20)29-28-30(32(4,5)6)34-36(25-14-8-11-21(2)22(25)3)31(28)35(27(38)19-40-29)18-26(37)33-17-24-13-9-15-39-24/h7-16,29H,17-19H2,1-6H3,(H,33,37)/t29-/m1/s1. The summed E-state index contributed by atoms with van der Waals surface area (Å²) in [7, 11) is 0. The van der Waals surface area contributed by atoms with Gasteiger partial charge >= 0.3 is 0 Å². The van der Waals surface area contributed by atoms with Crippen LogP contribution in [0, 0.1) is 20.8 Å². The molecule has 2 amide bonds. The first-order chi connectivity index (χ1) is 19.0. The Morgan fingerprint density at radius 3 is 2.58 bits per heavy atom. The number of nitrogens with one attached hydrogen (secondary N) is 1. The van der Waals surface area contributed by atoms with Crippen molar-refractivity contribution < 1.29 is 14.0 Å². The number of furan rings is 1. The highest BCUT2D eigenvalue weighted by molar-refractivity contribution is 8.00. The SMILES string of the molecule is Cc1cccc([C@H]2SCC(=O)N(CC(=O)NCc3ccco3)c3c2c(C(C)(C)C)nn3-c2cccc(C)c2C)c1. The number of hydrogen-bond acceptors (Lipinski definition) is 5. The van der Waals surface area contributed by atoms with Crippen LogP contribution in [0.5, 0.6) is 0 Å². The molecule has 0 bridgehead atoms. The smallest absolute Gasteiger partial charge is 0.240 e. The largest absolute Gasteiger partial charge is 0.467 e. The molecule has 0 saturated heterocycles. The van der Waals surface area contributed by atoms with E-state index in [4.69, 9.17) is 9.52 Å². The number of amides is 2. The predicted octanol–water partition coefficient (Wildman–Crippen LogP) is 6.17. The molecular formula is C32H36N4O3S. The minimum atomic E-state index is -0.309. The van der Waals surface area contributed by atoms with Gasteiger partial charge in [-0.3, -0.25) is 14.5 Å². The Hall–Kier alpha value is -3.78. The Bertz CT molecular complexity index is 1550. The maximum absolute atomic E-state index is 13.8. The molecule has 7 nitrogen and oxygen atoms in total.